The van der Waals surface area contributed by atoms with E-state index >= 15 is 0 Å². The van der Waals surface area contributed by atoms with Crippen molar-refractivity contribution in [1.29, 1.82) is 0 Å². The van der Waals surface area contributed by atoms with E-state index in [1.54, 1.807) is 4.90 Å². The third kappa shape index (κ3) is 3.60. The molecular formula is C12H19F3N2O2. The number of halogens is 3. The Hall–Kier alpha value is -0.820. The first-order valence-electron chi connectivity index (χ1n) is 6.58. The van der Waals surface area contributed by atoms with Crippen LogP contribution in [-0.4, -0.2) is 55.4 Å². The Morgan fingerprint density at radius 3 is 2.63 bits per heavy atom. The van der Waals surface area contributed by atoms with E-state index < -0.39 is 18.1 Å². The topological polar surface area (TPSA) is 41.6 Å². The fourth-order valence-corrected chi connectivity index (χ4v) is 2.59. The fraction of sp³-hybridized carbons (Fsp3) is 0.917. The first kappa shape index (κ1) is 14.6. The van der Waals surface area contributed by atoms with Crippen molar-refractivity contribution in [3.05, 3.63) is 0 Å². The molecule has 0 saturated carbocycles. The molecule has 1 amide bonds. The maximum atomic E-state index is 12.5. The van der Waals surface area contributed by atoms with Gasteiger partial charge in [-0.05, 0) is 19.8 Å². The molecular weight excluding hydrogens is 261 g/mol. The Bertz CT molecular complexity index is 327. The number of hydrogen-bond acceptors (Lipinski definition) is 3. The summed E-state index contributed by atoms with van der Waals surface area (Å²) in [5.41, 5.74) is 0. The number of morpholine rings is 1. The van der Waals surface area contributed by atoms with Crippen molar-refractivity contribution in [1.82, 2.24) is 10.2 Å². The summed E-state index contributed by atoms with van der Waals surface area (Å²) in [5.74, 6) is -1.43. The second-order valence-corrected chi connectivity index (χ2v) is 5.24. The number of amides is 1. The molecule has 1 N–H and O–H groups in total. The number of carbonyl (C=O) groups is 1. The second kappa shape index (κ2) is 5.66. The minimum Gasteiger partial charge on any atom is -0.375 e. The molecule has 0 aromatic rings. The Morgan fingerprint density at radius 1 is 1.37 bits per heavy atom. The lowest BCUT2D eigenvalue weighted by molar-refractivity contribution is -0.181. The smallest absolute Gasteiger partial charge is 0.375 e. The van der Waals surface area contributed by atoms with Gasteiger partial charge < -0.3 is 15.0 Å². The van der Waals surface area contributed by atoms with E-state index in [1.807, 2.05) is 6.92 Å². The van der Waals surface area contributed by atoms with Gasteiger partial charge in [0, 0.05) is 19.6 Å². The van der Waals surface area contributed by atoms with E-state index in [4.69, 9.17) is 4.74 Å². The molecule has 0 spiro atoms. The standard InChI is InChI=1S/C12H19F3N2O2/c1-8-7-17(4-5-19-8)11(18)10-3-2-9(6-16-10)12(13,14)15/h8-10,16H,2-7H2,1H3. The summed E-state index contributed by atoms with van der Waals surface area (Å²) in [6.45, 7) is 3.24. The fourth-order valence-electron chi connectivity index (χ4n) is 2.59. The quantitative estimate of drug-likeness (QED) is 0.784. The van der Waals surface area contributed by atoms with E-state index in [-0.39, 0.29) is 31.4 Å². The van der Waals surface area contributed by atoms with Gasteiger partial charge in [0.05, 0.1) is 24.7 Å². The maximum Gasteiger partial charge on any atom is 0.393 e. The Kier molecular flexibility index (Phi) is 4.35. The van der Waals surface area contributed by atoms with Gasteiger partial charge in [-0.2, -0.15) is 13.2 Å². The van der Waals surface area contributed by atoms with E-state index in [0.29, 0.717) is 19.7 Å². The molecule has 7 heteroatoms. The zero-order valence-electron chi connectivity index (χ0n) is 10.9. The lowest BCUT2D eigenvalue weighted by Gasteiger charge is -2.36. The van der Waals surface area contributed by atoms with Gasteiger partial charge in [-0.25, -0.2) is 0 Å². The van der Waals surface area contributed by atoms with Gasteiger partial charge in [-0.15, -0.1) is 0 Å². The second-order valence-electron chi connectivity index (χ2n) is 5.24. The molecule has 0 radical (unpaired) electrons. The first-order valence-corrected chi connectivity index (χ1v) is 6.58. The van der Waals surface area contributed by atoms with Gasteiger partial charge >= 0.3 is 6.18 Å². The number of alkyl halides is 3. The summed E-state index contributed by atoms with van der Waals surface area (Å²) in [6, 6.07) is -0.483. The van der Waals surface area contributed by atoms with Crippen LogP contribution < -0.4 is 5.32 Å². The molecule has 0 aromatic heterocycles. The lowest BCUT2D eigenvalue weighted by atomic mass is 9.93. The first-order chi connectivity index (χ1) is 8.88. The van der Waals surface area contributed by atoms with Crippen LogP contribution in [-0.2, 0) is 9.53 Å². The van der Waals surface area contributed by atoms with Crippen LogP contribution in [0, 0.1) is 5.92 Å². The van der Waals surface area contributed by atoms with Gasteiger partial charge in [0.15, 0.2) is 0 Å². The number of ether oxygens (including phenoxy) is 1. The summed E-state index contributed by atoms with van der Waals surface area (Å²) < 4.78 is 42.9. The van der Waals surface area contributed by atoms with Gasteiger partial charge in [0.1, 0.15) is 0 Å². The lowest BCUT2D eigenvalue weighted by Crippen LogP contribution is -2.55. The van der Waals surface area contributed by atoms with Crippen LogP contribution in [0.25, 0.3) is 0 Å². The Balaban J connectivity index is 1.85. The molecule has 2 heterocycles. The van der Waals surface area contributed by atoms with Crippen molar-refractivity contribution in [3.8, 4) is 0 Å². The third-order valence-electron chi connectivity index (χ3n) is 3.73. The van der Waals surface area contributed by atoms with Crippen LogP contribution >= 0.6 is 0 Å². The zero-order chi connectivity index (χ0) is 14.0. The maximum absolute atomic E-state index is 12.5. The van der Waals surface area contributed by atoms with Crippen molar-refractivity contribution >= 4 is 5.91 Å². The average molecular weight is 280 g/mol. The van der Waals surface area contributed by atoms with E-state index in [1.165, 1.54) is 0 Å². The molecule has 19 heavy (non-hydrogen) atoms. The molecule has 2 fully saturated rings. The monoisotopic (exact) mass is 280 g/mol. The van der Waals surface area contributed by atoms with Crippen molar-refractivity contribution in [2.45, 2.75) is 38.1 Å². The molecule has 0 aromatic carbocycles. The SMILES string of the molecule is CC1CN(C(=O)C2CCC(C(F)(F)F)CN2)CCO1. The number of piperidine rings is 1. The summed E-state index contributed by atoms with van der Waals surface area (Å²) in [5, 5.41) is 2.74. The van der Waals surface area contributed by atoms with Gasteiger partial charge in [-0.3, -0.25) is 4.79 Å². The van der Waals surface area contributed by atoms with Crippen LogP contribution in [0.1, 0.15) is 19.8 Å². The van der Waals surface area contributed by atoms with Crippen LogP contribution in [0.3, 0.4) is 0 Å². The molecule has 2 saturated heterocycles. The van der Waals surface area contributed by atoms with Crippen molar-refractivity contribution in [2.24, 2.45) is 5.92 Å². The highest BCUT2D eigenvalue weighted by Crippen LogP contribution is 2.32. The van der Waals surface area contributed by atoms with E-state index in [0.717, 1.165) is 0 Å². The minimum absolute atomic E-state index is 0.00999. The van der Waals surface area contributed by atoms with E-state index in [9.17, 15) is 18.0 Å². The normalized spacial score (nSPS) is 33.3. The molecule has 3 unspecified atom stereocenters. The molecule has 3 atom stereocenters. The molecule has 4 nitrogen and oxygen atoms in total. The molecule has 0 bridgehead atoms. The number of nitrogens with zero attached hydrogens (tertiary/aromatic N) is 1. The Labute approximate surface area is 110 Å². The summed E-state index contributed by atoms with van der Waals surface area (Å²) in [7, 11) is 0. The zero-order valence-corrected chi connectivity index (χ0v) is 10.9. The van der Waals surface area contributed by atoms with Crippen LogP contribution in [0.2, 0.25) is 0 Å². The predicted octanol–water partition coefficient (Wildman–Crippen LogP) is 1.16. The van der Waals surface area contributed by atoms with Crippen molar-refractivity contribution < 1.29 is 22.7 Å². The largest absolute Gasteiger partial charge is 0.393 e. The number of carbonyl (C=O) groups excluding carboxylic acids is 1. The minimum atomic E-state index is -4.17. The van der Waals surface area contributed by atoms with Crippen LogP contribution in [0.4, 0.5) is 13.2 Å². The van der Waals surface area contributed by atoms with E-state index in [2.05, 4.69) is 5.32 Å². The molecule has 110 valence electrons. The highest BCUT2D eigenvalue weighted by atomic mass is 19.4. The van der Waals surface area contributed by atoms with Crippen LogP contribution in [0.5, 0.6) is 0 Å². The highest BCUT2D eigenvalue weighted by Gasteiger charge is 2.43. The molecule has 2 aliphatic heterocycles. The van der Waals surface area contributed by atoms with Crippen molar-refractivity contribution in [2.75, 3.05) is 26.2 Å². The molecule has 2 aliphatic rings. The number of rotatable bonds is 1. The average Bonchev–Trinajstić information content (AvgIpc) is 2.37. The van der Waals surface area contributed by atoms with Gasteiger partial charge in [-0.1, -0.05) is 0 Å². The molecule has 0 aliphatic carbocycles. The number of hydrogen-bond donors (Lipinski definition) is 1. The summed E-state index contributed by atoms with van der Waals surface area (Å²) in [4.78, 5) is 13.9. The van der Waals surface area contributed by atoms with Crippen molar-refractivity contribution in [3.63, 3.8) is 0 Å². The third-order valence-corrected chi connectivity index (χ3v) is 3.73. The number of nitrogens with one attached hydrogen (secondary N) is 1. The van der Waals surface area contributed by atoms with Crippen LogP contribution in [0.15, 0.2) is 0 Å². The summed E-state index contributed by atoms with van der Waals surface area (Å²) in [6.07, 6.45) is -3.92. The van der Waals surface area contributed by atoms with Gasteiger partial charge in [0.2, 0.25) is 5.91 Å². The highest BCUT2D eigenvalue weighted by molar-refractivity contribution is 5.82. The predicted molar refractivity (Wildman–Crippen MR) is 62.6 cm³/mol. The summed E-state index contributed by atoms with van der Waals surface area (Å²) >= 11 is 0. The molecule has 2 rings (SSSR count). The Morgan fingerprint density at radius 2 is 2.11 bits per heavy atom. The van der Waals surface area contributed by atoms with Gasteiger partial charge in [0.25, 0.3) is 0 Å².